The molecule has 1 amide bonds. The molecule has 1 saturated heterocycles. The van der Waals surface area contributed by atoms with Crippen molar-refractivity contribution < 1.29 is 28.9 Å². The fourth-order valence-electron chi connectivity index (χ4n) is 5.09. The summed E-state index contributed by atoms with van der Waals surface area (Å²) in [6, 6.07) is 13.3. The van der Waals surface area contributed by atoms with Gasteiger partial charge in [-0.1, -0.05) is 29.5 Å². The Morgan fingerprint density at radius 2 is 1.67 bits per heavy atom. The molecule has 0 aliphatic carbocycles. The Labute approximate surface area is 230 Å². The van der Waals surface area contributed by atoms with E-state index in [0.717, 1.165) is 26.9 Å². The predicted octanol–water partition coefficient (Wildman–Crippen LogP) is 5.87. The van der Waals surface area contributed by atoms with Gasteiger partial charge in [-0.25, -0.2) is 4.98 Å². The number of hydrogen-bond acceptors (Lipinski definition) is 8. The van der Waals surface area contributed by atoms with E-state index in [2.05, 4.69) is 0 Å². The summed E-state index contributed by atoms with van der Waals surface area (Å²) in [7, 11) is 4.56. The predicted molar refractivity (Wildman–Crippen MR) is 151 cm³/mol. The van der Waals surface area contributed by atoms with Crippen LogP contribution in [-0.4, -0.2) is 43.1 Å². The molecule has 1 fully saturated rings. The number of carbonyl (C=O) groups is 2. The molecule has 1 N–H and O–H groups in total. The molecule has 0 spiro atoms. The van der Waals surface area contributed by atoms with Gasteiger partial charge < -0.3 is 19.3 Å². The van der Waals surface area contributed by atoms with E-state index in [0.29, 0.717) is 33.5 Å². The van der Waals surface area contributed by atoms with Gasteiger partial charge in [0.05, 0.1) is 37.1 Å². The highest BCUT2D eigenvalue weighted by Crippen LogP contribution is 2.48. The van der Waals surface area contributed by atoms with E-state index in [4.69, 9.17) is 19.2 Å². The maximum absolute atomic E-state index is 13.7. The average molecular weight is 545 g/mol. The number of aliphatic hydroxyl groups excluding tert-OH is 1. The smallest absolute Gasteiger partial charge is 0.301 e. The number of nitrogens with zero attached hydrogens (tertiary/aromatic N) is 2. The molecule has 4 aromatic rings. The van der Waals surface area contributed by atoms with E-state index in [1.807, 2.05) is 32.9 Å². The zero-order valence-electron chi connectivity index (χ0n) is 22.5. The summed E-state index contributed by atoms with van der Waals surface area (Å²) < 4.78 is 17.5. The maximum atomic E-state index is 13.7. The Hall–Kier alpha value is -4.37. The first-order valence-electron chi connectivity index (χ1n) is 12.2. The number of hydrogen-bond donors (Lipinski definition) is 1. The Balaban J connectivity index is 1.79. The number of benzene rings is 3. The Morgan fingerprint density at radius 3 is 2.33 bits per heavy atom. The van der Waals surface area contributed by atoms with Crippen molar-refractivity contribution in [1.29, 1.82) is 0 Å². The monoisotopic (exact) mass is 544 g/mol. The summed E-state index contributed by atoms with van der Waals surface area (Å²) in [6.45, 7) is 5.79. The number of aryl methyl sites for hydroxylation is 3. The molecule has 8 nitrogen and oxygen atoms in total. The van der Waals surface area contributed by atoms with Crippen LogP contribution >= 0.6 is 11.3 Å². The van der Waals surface area contributed by atoms with Crippen molar-refractivity contribution in [1.82, 2.24) is 4.98 Å². The van der Waals surface area contributed by atoms with Crippen LogP contribution in [0.3, 0.4) is 0 Å². The largest absolute Gasteiger partial charge is 0.507 e. The average Bonchev–Trinajstić information content (AvgIpc) is 3.45. The van der Waals surface area contributed by atoms with Crippen molar-refractivity contribution in [3.63, 3.8) is 0 Å². The van der Waals surface area contributed by atoms with E-state index < -0.39 is 17.7 Å². The van der Waals surface area contributed by atoms with Crippen molar-refractivity contribution in [3.8, 4) is 17.2 Å². The molecule has 0 bridgehead atoms. The summed E-state index contributed by atoms with van der Waals surface area (Å²) in [5.41, 5.74) is 4.35. The number of rotatable bonds is 6. The Bertz CT molecular complexity index is 1670. The minimum absolute atomic E-state index is 0.0664. The fourth-order valence-corrected chi connectivity index (χ4v) is 6.26. The number of amides is 1. The lowest BCUT2D eigenvalue weighted by Gasteiger charge is -2.25. The molecular weight excluding hydrogens is 516 g/mol. The molecule has 0 radical (unpaired) electrons. The number of Topliss-reactive ketones (excluding diaryl/α,β-unsaturated/α-hetero) is 1. The van der Waals surface area contributed by atoms with Gasteiger partial charge in [-0.15, -0.1) is 0 Å². The van der Waals surface area contributed by atoms with E-state index in [1.165, 1.54) is 30.5 Å². The van der Waals surface area contributed by atoms with Gasteiger partial charge in [-0.2, -0.15) is 0 Å². The summed E-state index contributed by atoms with van der Waals surface area (Å²) in [5.74, 6) is -0.491. The maximum Gasteiger partial charge on any atom is 0.301 e. The van der Waals surface area contributed by atoms with Crippen LogP contribution < -0.4 is 19.1 Å². The standard InChI is InChI=1S/C30H28N2O6S/c1-15-12-17(3)24-22(13-15)39-30(31-24)32-25(19-8-7-9-21(37-5)28(19)38-6)23(27(34)29(32)35)26(33)18-10-11-20(36-4)16(2)14-18/h7-14,25,33H,1-6H3/t25-/m1/s1. The lowest BCUT2D eigenvalue weighted by atomic mass is 9.94. The molecule has 1 aliphatic heterocycles. The van der Waals surface area contributed by atoms with Crippen LogP contribution in [0.15, 0.2) is 54.1 Å². The highest BCUT2D eigenvalue weighted by Gasteiger charge is 2.49. The number of fused-ring (bicyclic) bond motifs is 1. The molecule has 9 heteroatoms. The number of ketones is 1. The third kappa shape index (κ3) is 4.28. The molecule has 0 unspecified atom stereocenters. The zero-order chi connectivity index (χ0) is 28.0. The minimum atomic E-state index is -1.01. The second-order valence-electron chi connectivity index (χ2n) is 9.36. The number of methoxy groups -OCH3 is 3. The molecule has 3 aromatic carbocycles. The highest BCUT2D eigenvalue weighted by atomic mass is 32.1. The van der Waals surface area contributed by atoms with Gasteiger partial charge in [-0.05, 0) is 67.8 Å². The summed E-state index contributed by atoms with van der Waals surface area (Å²) >= 11 is 1.32. The van der Waals surface area contributed by atoms with Gasteiger partial charge in [0.25, 0.3) is 5.78 Å². The normalized spacial score (nSPS) is 16.7. The number of para-hydroxylation sites is 1. The Morgan fingerprint density at radius 1 is 0.923 bits per heavy atom. The number of anilines is 1. The van der Waals surface area contributed by atoms with Crippen molar-refractivity contribution in [2.75, 3.05) is 26.2 Å². The lowest BCUT2D eigenvalue weighted by molar-refractivity contribution is -0.132. The van der Waals surface area contributed by atoms with Crippen molar-refractivity contribution in [2.24, 2.45) is 0 Å². The molecule has 1 atom stereocenters. The van der Waals surface area contributed by atoms with E-state index >= 15 is 0 Å². The molecule has 5 rings (SSSR count). The quantitative estimate of drug-likeness (QED) is 0.184. The van der Waals surface area contributed by atoms with E-state index in [1.54, 1.807) is 43.5 Å². The minimum Gasteiger partial charge on any atom is -0.507 e. The van der Waals surface area contributed by atoms with Crippen LogP contribution in [0.1, 0.15) is 33.9 Å². The number of aromatic nitrogens is 1. The van der Waals surface area contributed by atoms with Gasteiger partial charge in [0.1, 0.15) is 17.6 Å². The topological polar surface area (TPSA) is 98.2 Å². The van der Waals surface area contributed by atoms with Gasteiger partial charge in [0, 0.05) is 11.1 Å². The van der Waals surface area contributed by atoms with Gasteiger partial charge >= 0.3 is 5.91 Å². The first-order valence-corrected chi connectivity index (χ1v) is 13.1. The summed E-state index contributed by atoms with van der Waals surface area (Å²) in [5, 5.41) is 11.9. The number of thiazole rings is 1. The van der Waals surface area contributed by atoms with Crippen LogP contribution in [0.4, 0.5) is 5.13 Å². The van der Waals surface area contributed by atoms with Crippen LogP contribution in [-0.2, 0) is 9.59 Å². The van der Waals surface area contributed by atoms with Crippen LogP contribution in [0.2, 0.25) is 0 Å². The lowest BCUT2D eigenvalue weighted by Crippen LogP contribution is -2.29. The van der Waals surface area contributed by atoms with Gasteiger partial charge in [-0.3, -0.25) is 14.5 Å². The molecule has 2 heterocycles. The van der Waals surface area contributed by atoms with Crippen LogP contribution in [0, 0.1) is 20.8 Å². The van der Waals surface area contributed by atoms with E-state index in [9.17, 15) is 14.7 Å². The molecule has 1 aromatic heterocycles. The first kappa shape index (κ1) is 26.2. The van der Waals surface area contributed by atoms with Crippen molar-refractivity contribution in [3.05, 3.63) is 81.9 Å². The Kier molecular flexibility index (Phi) is 6.78. The molecule has 0 saturated carbocycles. The number of ether oxygens (including phenoxy) is 3. The van der Waals surface area contributed by atoms with E-state index in [-0.39, 0.29) is 11.3 Å². The second kappa shape index (κ2) is 10.1. The van der Waals surface area contributed by atoms with Gasteiger partial charge in [0.2, 0.25) is 0 Å². The zero-order valence-corrected chi connectivity index (χ0v) is 23.3. The summed E-state index contributed by atoms with van der Waals surface area (Å²) in [4.78, 5) is 33.5. The molecule has 39 heavy (non-hydrogen) atoms. The second-order valence-corrected chi connectivity index (χ2v) is 10.4. The number of carbonyl (C=O) groups excluding carboxylic acids is 2. The van der Waals surface area contributed by atoms with Crippen LogP contribution in [0.5, 0.6) is 17.2 Å². The van der Waals surface area contributed by atoms with Crippen molar-refractivity contribution in [2.45, 2.75) is 26.8 Å². The third-order valence-electron chi connectivity index (χ3n) is 6.87. The summed E-state index contributed by atoms with van der Waals surface area (Å²) in [6.07, 6.45) is 0. The van der Waals surface area contributed by atoms with Crippen molar-refractivity contribution >= 4 is 44.1 Å². The first-order chi connectivity index (χ1) is 18.7. The SMILES string of the molecule is COc1ccc(C(O)=C2C(=O)C(=O)N(c3nc4c(C)cc(C)cc4s3)[C@@H]2c2cccc(OC)c2OC)cc1C. The number of aliphatic hydroxyl groups is 1. The molecule has 1 aliphatic rings. The van der Waals surface area contributed by atoms with Crippen LogP contribution in [0.25, 0.3) is 16.0 Å². The molecule has 200 valence electrons. The van der Waals surface area contributed by atoms with Gasteiger partial charge in [0.15, 0.2) is 16.6 Å². The third-order valence-corrected chi connectivity index (χ3v) is 7.87. The fraction of sp³-hybridized carbons (Fsp3) is 0.233. The molecular formula is C30H28N2O6S. The highest BCUT2D eigenvalue weighted by molar-refractivity contribution is 7.22.